The maximum Gasteiger partial charge on any atom is 0.150 e. The van der Waals surface area contributed by atoms with Crippen molar-refractivity contribution < 1.29 is 13.9 Å². The Bertz CT molecular complexity index is 796. The first-order chi connectivity index (χ1) is 10.3. The van der Waals surface area contributed by atoms with Crippen LogP contribution in [0.5, 0.6) is 5.75 Å². The highest BCUT2D eigenvalue weighted by atomic mass is 19.1. The van der Waals surface area contributed by atoms with E-state index in [-0.39, 0.29) is 12.4 Å². The van der Waals surface area contributed by atoms with E-state index in [2.05, 4.69) is 0 Å². The van der Waals surface area contributed by atoms with Crippen molar-refractivity contribution in [3.05, 3.63) is 77.6 Å². The van der Waals surface area contributed by atoms with Gasteiger partial charge in [-0.1, -0.05) is 36.4 Å². The third-order valence-electron chi connectivity index (χ3n) is 3.33. The van der Waals surface area contributed by atoms with E-state index in [1.165, 1.54) is 12.1 Å². The quantitative estimate of drug-likeness (QED) is 0.663. The number of benzene rings is 3. The predicted molar refractivity (Wildman–Crippen MR) is 80.1 cm³/mol. The Morgan fingerprint density at radius 2 is 1.76 bits per heavy atom. The lowest BCUT2D eigenvalue weighted by atomic mass is 10.0. The number of hydrogen-bond acceptors (Lipinski definition) is 2. The Morgan fingerprint density at radius 1 is 0.952 bits per heavy atom. The molecule has 0 fully saturated rings. The van der Waals surface area contributed by atoms with Crippen LogP contribution in [0.2, 0.25) is 0 Å². The maximum atomic E-state index is 13.2. The molecule has 0 bridgehead atoms. The average molecular weight is 280 g/mol. The highest BCUT2D eigenvalue weighted by Gasteiger charge is 2.06. The van der Waals surface area contributed by atoms with Gasteiger partial charge in [0.25, 0.3) is 0 Å². The van der Waals surface area contributed by atoms with E-state index in [9.17, 15) is 9.18 Å². The lowest BCUT2D eigenvalue weighted by molar-refractivity contribution is 0.112. The molecule has 0 heterocycles. The van der Waals surface area contributed by atoms with Gasteiger partial charge in [0.2, 0.25) is 0 Å². The van der Waals surface area contributed by atoms with E-state index in [0.29, 0.717) is 11.3 Å². The summed E-state index contributed by atoms with van der Waals surface area (Å²) in [5.41, 5.74) is 1.39. The van der Waals surface area contributed by atoms with Gasteiger partial charge in [-0.05, 0) is 35.2 Å². The molecule has 0 atom stereocenters. The number of ether oxygens (including phenoxy) is 1. The van der Waals surface area contributed by atoms with Gasteiger partial charge in [0.05, 0.1) is 0 Å². The molecular weight excluding hydrogens is 267 g/mol. The van der Waals surface area contributed by atoms with E-state index in [4.69, 9.17) is 4.74 Å². The Kier molecular flexibility index (Phi) is 3.65. The smallest absolute Gasteiger partial charge is 0.150 e. The first-order valence-corrected chi connectivity index (χ1v) is 6.62. The van der Waals surface area contributed by atoms with Crippen LogP contribution in [-0.2, 0) is 6.61 Å². The minimum atomic E-state index is -0.280. The third-order valence-corrected chi connectivity index (χ3v) is 3.33. The molecule has 0 aromatic heterocycles. The Hall–Kier alpha value is -2.68. The molecule has 0 aliphatic rings. The van der Waals surface area contributed by atoms with Gasteiger partial charge < -0.3 is 4.74 Å². The van der Waals surface area contributed by atoms with E-state index < -0.39 is 0 Å². The largest absolute Gasteiger partial charge is 0.488 e. The minimum Gasteiger partial charge on any atom is -0.488 e. The zero-order valence-electron chi connectivity index (χ0n) is 11.3. The Labute approximate surface area is 121 Å². The van der Waals surface area contributed by atoms with Crippen molar-refractivity contribution in [2.75, 3.05) is 0 Å². The zero-order chi connectivity index (χ0) is 14.7. The zero-order valence-corrected chi connectivity index (χ0v) is 11.3. The number of rotatable bonds is 4. The Morgan fingerprint density at radius 3 is 2.52 bits per heavy atom. The molecule has 3 rings (SSSR count). The summed E-state index contributed by atoms with van der Waals surface area (Å²) in [6.07, 6.45) is 0.832. The van der Waals surface area contributed by atoms with Gasteiger partial charge in [-0.3, -0.25) is 4.79 Å². The van der Waals surface area contributed by atoms with Gasteiger partial charge in [0.15, 0.2) is 6.29 Å². The molecule has 3 aromatic carbocycles. The highest BCUT2D eigenvalue weighted by Crippen LogP contribution is 2.28. The lowest BCUT2D eigenvalue weighted by Crippen LogP contribution is -1.97. The molecule has 0 saturated heterocycles. The molecule has 0 radical (unpaired) electrons. The number of halogens is 1. The number of aldehydes is 1. The van der Waals surface area contributed by atoms with Gasteiger partial charge in [0.1, 0.15) is 18.2 Å². The molecule has 3 aromatic rings. The van der Waals surface area contributed by atoms with E-state index in [1.54, 1.807) is 18.2 Å². The fourth-order valence-corrected chi connectivity index (χ4v) is 2.31. The summed E-state index contributed by atoms with van der Waals surface area (Å²) in [5, 5.41) is 1.72. The van der Waals surface area contributed by atoms with Crippen LogP contribution in [0.15, 0.2) is 60.7 Å². The summed E-state index contributed by atoms with van der Waals surface area (Å²) < 4.78 is 18.9. The van der Waals surface area contributed by atoms with Crippen LogP contribution in [0, 0.1) is 5.82 Å². The molecule has 0 spiro atoms. The number of hydrogen-bond donors (Lipinski definition) is 0. The van der Waals surface area contributed by atoms with Crippen LogP contribution >= 0.6 is 0 Å². The molecule has 0 aliphatic heterocycles. The van der Waals surface area contributed by atoms with Crippen molar-refractivity contribution in [2.24, 2.45) is 0 Å². The van der Waals surface area contributed by atoms with Crippen molar-refractivity contribution >= 4 is 17.1 Å². The molecule has 0 aliphatic carbocycles. The number of carbonyl (C=O) groups is 1. The second kappa shape index (κ2) is 5.75. The molecule has 2 nitrogen and oxygen atoms in total. The van der Waals surface area contributed by atoms with Gasteiger partial charge in [0, 0.05) is 10.9 Å². The van der Waals surface area contributed by atoms with Gasteiger partial charge in [-0.25, -0.2) is 4.39 Å². The van der Waals surface area contributed by atoms with Gasteiger partial charge in [-0.2, -0.15) is 0 Å². The van der Waals surface area contributed by atoms with Crippen LogP contribution in [0.25, 0.3) is 10.8 Å². The molecule has 104 valence electrons. The summed E-state index contributed by atoms with van der Waals surface area (Å²) in [6.45, 7) is 0.280. The topological polar surface area (TPSA) is 26.3 Å². The van der Waals surface area contributed by atoms with Crippen LogP contribution in [0.1, 0.15) is 15.9 Å². The van der Waals surface area contributed by atoms with Crippen LogP contribution < -0.4 is 4.74 Å². The molecule has 0 unspecified atom stereocenters. The van der Waals surface area contributed by atoms with Crippen molar-refractivity contribution in [1.29, 1.82) is 0 Å². The summed E-state index contributed by atoms with van der Waals surface area (Å²) in [5.74, 6) is 0.401. The van der Waals surface area contributed by atoms with E-state index in [1.807, 2.05) is 30.3 Å². The van der Waals surface area contributed by atoms with Gasteiger partial charge >= 0.3 is 0 Å². The average Bonchev–Trinajstić information content (AvgIpc) is 2.52. The lowest BCUT2D eigenvalue weighted by Gasteiger charge is -2.10. The molecule has 0 saturated carbocycles. The molecular formula is C18H13FO2. The van der Waals surface area contributed by atoms with Crippen molar-refractivity contribution in [2.45, 2.75) is 6.61 Å². The van der Waals surface area contributed by atoms with Crippen LogP contribution in [-0.4, -0.2) is 6.29 Å². The van der Waals surface area contributed by atoms with Crippen molar-refractivity contribution in [3.63, 3.8) is 0 Å². The predicted octanol–water partition coefficient (Wildman–Crippen LogP) is 4.37. The van der Waals surface area contributed by atoms with Crippen LogP contribution in [0.3, 0.4) is 0 Å². The third kappa shape index (κ3) is 2.77. The minimum absolute atomic E-state index is 0.280. The normalized spacial score (nSPS) is 10.5. The second-order valence-corrected chi connectivity index (χ2v) is 4.73. The number of fused-ring (bicyclic) bond motifs is 1. The van der Waals surface area contributed by atoms with E-state index >= 15 is 0 Å². The summed E-state index contributed by atoms with van der Waals surface area (Å²) in [6, 6.07) is 17.4. The summed E-state index contributed by atoms with van der Waals surface area (Å²) >= 11 is 0. The summed E-state index contributed by atoms with van der Waals surface area (Å²) in [7, 11) is 0. The molecule has 0 amide bonds. The maximum absolute atomic E-state index is 13.2. The Balaban J connectivity index is 1.92. The fraction of sp³-hybridized carbons (Fsp3) is 0.0556. The number of carbonyl (C=O) groups excluding carboxylic acids is 1. The first kappa shape index (κ1) is 13.3. The fourth-order valence-electron chi connectivity index (χ4n) is 2.31. The standard InChI is InChI=1S/C18H13FO2/c19-15-5-3-4-13(10-15)12-21-18-9-8-14(11-20)16-6-1-2-7-17(16)18/h1-11H,12H2. The highest BCUT2D eigenvalue weighted by molar-refractivity contribution is 6.00. The molecule has 0 N–H and O–H groups in total. The van der Waals surface area contributed by atoms with E-state index in [0.717, 1.165) is 22.6 Å². The van der Waals surface area contributed by atoms with Crippen LogP contribution in [0.4, 0.5) is 4.39 Å². The molecule has 21 heavy (non-hydrogen) atoms. The second-order valence-electron chi connectivity index (χ2n) is 4.73. The molecule has 3 heteroatoms. The van der Waals surface area contributed by atoms with Gasteiger partial charge in [-0.15, -0.1) is 0 Å². The monoisotopic (exact) mass is 280 g/mol. The summed E-state index contributed by atoms with van der Waals surface area (Å²) in [4.78, 5) is 11.1. The SMILES string of the molecule is O=Cc1ccc(OCc2cccc(F)c2)c2ccccc12. The van der Waals surface area contributed by atoms with Crippen molar-refractivity contribution in [1.82, 2.24) is 0 Å². The van der Waals surface area contributed by atoms with Crippen molar-refractivity contribution in [3.8, 4) is 5.75 Å². The first-order valence-electron chi connectivity index (χ1n) is 6.62.